The molecular formula is C16H20N4O2S2. The number of aromatic amines is 1. The minimum atomic E-state index is -0.277. The van der Waals surface area contributed by atoms with E-state index in [0.29, 0.717) is 5.75 Å². The van der Waals surface area contributed by atoms with E-state index >= 15 is 0 Å². The lowest BCUT2D eigenvalue weighted by Crippen LogP contribution is -2.48. The normalized spacial score (nSPS) is 19.5. The van der Waals surface area contributed by atoms with Crippen LogP contribution in [0.1, 0.15) is 29.8 Å². The van der Waals surface area contributed by atoms with Crippen molar-refractivity contribution in [3.63, 3.8) is 0 Å². The summed E-state index contributed by atoms with van der Waals surface area (Å²) in [4.78, 5) is 18.8. The second-order valence-corrected chi connectivity index (χ2v) is 8.37. The van der Waals surface area contributed by atoms with Crippen molar-refractivity contribution in [2.45, 2.75) is 36.1 Å². The number of carbonyl (C=O) groups excluding carboxylic acids is 1. The molecular weight excluding hydrogens is 344 g/mol. The molecule has 24 heavy (non-hydrogen) atoms. The average molecular weight is 364 g/mol. The van der Waals surface area contributed by atoms with Gasteiger partial charge in [0.15, 0.2) is 4.34 Å². The standard InChI is InChI=1S/C16H20N4O2S2/c1-11-9-23-15(18-11)24-10-13(21)20-5-3-16(4-6-20)14-12(2-7-22-16)8-17-19-14/h8-9H,2-7,10H2,1H3,(H,17,19). The number of carbonyl (C=O) groups is 1. The molecule has 2 aliphatic heterocycles. The SMILES string of the molecule is Cc1csc(SCC(=O)N2CCC3(CC2)OCCc2cn[nH]c23)n1. The van der Waals surface area contributed by atoms with Crippen LogP contribution in [0.5, 0.6) is 0 Å². The summed E-state index contributed by atoms with van der Waals surface area (Å²) in [5.74, 6) is 0.638. The molecule has 6 nitrogen and oxygen atoms in total. The topological polar surface area (TPSA) is 71.1 Å². The van der Waals surface area contributed by atoms with Crippen LogP contribution in [0, 0.1) is 6.92 Å². The quantitative estimate of drug-likeness (QED) is 0.847. The van der Waals surface area contributed by atoms with Crippen LogP contribution in [0.3, 0.4) is 0 Å². The molecule has 0 aromatic carbocycles. The van der Waals surface area contributed by atoms with Crippen LogP contribution in [0.15, 0.2) is 15.9 Å². The van der Waals surface area contributed by atoms with Crippen molar-refractivity contribution in [1.82, 2.24) is 20.1 Å². The fraction of sp³-hybridized carbons (Fsp3) is 0.562. The highest BCUT2D eigenvalue weighted by atomic mass is 32.2. The molecule has 1 fully saturated rings. The molecule has 1 spiro atoms. The van der Waals surface area contributed by atoms with E-state index in [-0.39, 0.29) is 11.5 Å². The molecule has 1 amide bonds. The Morgan fingerprint density at radius 1 is 1.50 bits per heavy atom. The molecule has 2 aromatic rings. The first kappa shape index (κ1) is 16.1. The number of fused-ring (bicyclic) bond motifs is 2. The molecule has 4 heterocycles. The molecule has 0 radical (unpaired) electrons. The Kier molecular flexibility index (Phi) is 4.36. The smallest absolute Gasteiger partial charge is 0.233 e. The number of thioether (sulfide) groups is 1. The molecule has 0 saturated carbocycles. The van der Waals surface area contributed by atoms with Crippen LogP contribution in [0.25, 0.3) is 0 Å². The molecule has 0 bridgehead atoms. The second kappa shape index (κ2) is 6.50. The van der Waals surface area contributed by atoms with E-state index in [4.69, 9.17) is 4.74 Å². The Morgan fingerprint density at radius 2 is 2.33 bits per heavy atom. The summed E-state index contributed by atoms with van der Waals surface area (Å²) < 4.78 is 7.09. The Balaban J connectivity index is 1.36. The van der Waals surface area contributed by atoms with Gasteiger partial charge in [-0.3, -0.25) is 9.89 Å². The Hall–Kier alpha value is -1.38. The molecule has 4 rings (SSSR count). The van der Waals surface area contributed by atoms with Gasteiger partial charge in [0.25, 0.3) is 0 Å². The number of ether oxygens (including phenoxy) is 1. The summed E-state index contributed by atoms with van der Waals surface area (Å²) >= 11 is 3.13. The molecule has 2 aromatic heterocycles. The monoisotopic (exact) mass is 364 g/mol. The molecule has 1 saturated heterocycles. The number of likely N-dealkylation sites (tertiary alicyclic amines) is 1. The summed E-state index contributed by atoms with van der Waals surface area (Å²) in [7, 11) is 0. The lowest BCUT2D eigenvalue weighted by Gasteiger charge is -2.43. The van der Waals surface area contributed by atoms with Gasteiger partial charge >= 0.3 is 0 Å². The van der Waals surface area contributed by atoms with Gasteiger partial charge in [-0.2, -0.15) is 5.10 Å². The molecule has 2 aliphatic rings. The Bertz CT molecular complexity index is 734. The van der Waals surface area contributed by atoms with Crippen molar-refractivity contribution in [2.24, 2.45) is 0 Å². The summed E-state index contributed by atoms with van der Waals surface area (Å²) in [5.41, 5.74) is 3.12. The number of aryl methyl sites for hydroxylation is 1. The van der Waals surface area contributed by atoms with Crippen molar-refractivity contribution < 1.29 is 9.53 Å². The molecule has 1 N–H and O–H groups in total. The molecule has 0 atom stereocenters. The number of hydrogen-bond acceptors (Lipinski definition) is 6. The zero-order valence-corrected chi connectivity index (χ0v) is 15.2. The fourth-order valence-corrected chi connectivity index (χ4v) is 5.20. The van der Waals surface area contributed by atoms with E-state index < -0.39 is 0 Å². The van der Waals surface area contributed by atoms with Gasteiger partial charge in [-0.05, 0) is 31.7 Å². The highest BCUT2D eigenvalue weighted by molar-refractivity contribution is 8.01. The van der Waals surface area contributed by atoms with Crippen LogP contribution in [-0.2, 0) is 21.6 Å². The van der Waals surface area contributed by atoms with Gasteiger partial charge in [0.05, 0.1) is 24.3 Å². The number of thiazole rings is 1. The number of rotatable bonds is 3. The van der Waals surface area contributed by atoms with E-state index in [9.17, 15) is 4.79 Å². The van der Waals surface area contributed by atoms with E-state index in [1.807, 2.05) is 23.4 Å². The van der Waals surface area contributed by atoms with E-state index in [1.54, 1.807) is 11.3 Å². The molecule has 0 unspecified atom stereocenters. The molecule has 8 heteroatoms. The van der Waals surface area contributed by atoms with Gasteiger partial charge in [-0.1, -0.05) is 11.8 Å². The first-order valence-electron chi connectivity index (χ1n) is 8.16. The summed E-state index contributed by atoms with van der Waals surface area (Å²) in [6.45, 7) is 4.17. The number of nitrogens with zero attached hydrogens (tertiary/aromatic N) is 3. The summed E-state index contributed by atoms with van der Waals surface area (Å²) in [6, 6.07) is 0. The molecule has 128 valence electrons. The highest BCUT2D eigenvalue weighted by Gasteiger charge is 2.42. The summed E-state index contributed by atoms with van der Waals surface area (Å²) in [6.07, 6.45) is 4.48. The first-order valence-corrected chi connectivity index (χ1v) is 10.0. The largest absolute Gasteiger partial charge is 0.368 e. The number of piperidine rings is 1. The molecule has 0 aliphatic carbocycles. The third-order valence-electron chi connectivity index (χ3n) is 4.76. The average Bonchev–Trinajstić information content (AvgIpc) is 3.23. The minimum absolute atomic E-state index is 0.184. The lowest BCUT2D eigenvalue weighted by atomic mass is 9.84. The zero-order valence-electron chi connectivity index (χ0n) is 13.6. The first-order chi connectivity index (χ1) is 11.7. The van der Waals surface area contributed by atoms with Crippen LogP contribution in [0.2, 0.25) is 0 Å². The van der Waals surface area contributed by atoms with Crippen LogP contribution < -0.4 is 0 Å². The fourth-order valence-electron chi connectivity index (χ4n) is 3.45. The van der Waals surface area contributed by atoms with Gasteiger partial charge in [0.2, 0.25) is 5.91 Å². The maximum Gasteiger partial charge on any atom is 0.233 e. The summed E-state index contributed by atoms with van der Waals surface area (Å²) in [5, 5.41) is 9.31. The zero-order chi connectivity index (χ0) is 16.6. The van der Waals surface area contributed by atoms with E-state index in [0.717, 1.165) is 54.7 Å². The minimum Gasteiger partial charge on any atom is -0.368 e. The third-order valence-corrected chi connectivity index (χ3v) is 6.89. The van der Waals surface area contributed by atoms with Gasteiger partial charge < -0.3 is 9.64 Å². The number of H-pyrrole nitrogens is 1. The maximum atomic E-state index is 12.5. The lowest BCUT2D eigenvalue weighted by molar-refractivity contribution is -0.138. The van der Waals surface area contributed by atoms with Crippen LogP contribution in [0.4, 0.5) is 0 Å². The Morgan fingerprint density at radius 3 is 3.08 bits per heavy atom. The van der Waals surface area contributed by atoms with Crippen molar-refractivity contribution in [1.29, 1.82) is 0 Å². The second-order valence-electron chi connectivity index (χ2n) is 6.29. The predicted molar refractivity (Wildman–Crippen MR) is 93.3 cm³/mol. The maximum absolute atomic E-state index is 12.5. The van der Waals surface area contributed by atoms with Gasteiger partial charge in [0.1, 0.15) is 5.60 Å². The van der Waals surface area contributed by atoms with E-state index in [1.165, 1.54) is 17.3 Å². The van der Waals surface area contributed by atoms with Gasteiger partial charge in [0, 0.05) is 24.2 Å². The van der Waals surface area contributed by atoms with Crippen molar-refractivity contribution >= 4 is 29.0 Å². The van der Waals surface area contributed by atoms with Crippen molar-refractivity contribution in [3.05, 3.63) is 28.5 Å². The van der Waals surface area contributed by atoms with Gasteiger partial charge in [-0.25, -0.2) is 4.98 Å². The van der Waals surface area contributed by atoms with Gasteiger partial charge in [-0.15, -0.1) is 11.3 Å². The van der Waals surface area contributed by atoms with Crippen LogP contribution >= 0.6 is 23.1 Å². The number of aromatic nitrogens is 3. The van der Waals surface area contributed by atoms with Crippen LogP contribution in [-0.4, -0.2) is 51.4 Å². The number of amides is 1. The van der Waals surface area contributed by atoms with E-state index in [2.05, 4.69) is 15.2 Å². The number of nitrogens with one attached hydrogen (secondary N) is 1. The predicted octanol–water partition coefficient (Wildman–Crippen LogP) is 2.36. The highest BCUT2D eigenvalue weighted by Crippen LogP contribution is 2.40. The van der Waals surface area contributed by atoms with Crippen molar-refractivity contribution in [2.75, 3.05) is 25.4 Å². The van der Waals surface area contributed by atoms with Crippen molar-refractivity contribution in [3.8, 4) is 0 Å². The Labute approximate surface area is 149 Å². The third kappa shape index (κ3) is 2.98. The number of hydrogen-bond donors (Lipinski definition) is 1.